The van der Waals surface area contributed by atoms with Gasteiger partial charge in [-0.15, -0.1) is 0 Å². The van der Waals surface area contributed by atoms with Gasteiger partial charge in [0.15, 0.2) is 0 Å². The van der Waals surface area contributed by atoms with Gasteiger partial charge < -0.3 is 4.74 Å². The minimum Gasteiger partial charge on any atom is -0.480 e. The van der Waals surface area contributed by atoms with Crippen molar-refractivity contribution >= 4 is 0 Å². The molecule has 2 atom stereocenters. The molecule has 0 saturated heterocycles. The molecule has 0 aliphatic heterocycles. The SMILES string of the molecule is CCCC(C)C(NN)c1nccnc1OC. The quantitative estimate of drug-likeness (QED) is 0.565. The molecule has 16 heavy (non-hydrogen) atoms. The third-order valence-corrected chi connectivity index (χ3v) is 2.67. The van der Waals surface area contributed by atoms with Gasteiger partial charge in [-0.2, -0.15) is 0 Å². The van der Waals surface area contributed by atoms with E-state index >= 15 is 0 Å². The van der Waals surface area contributed by atoms with Crippen LogP contribution in [-0.2, 0) is 0 Å². The van der Waals surface area contributed by atoms with Crippen molar-refractivity contribution in [3.63, 3.8) is 0 Å². The molecule has 0 fully saturated rings. The number of hydrogen-bond donors (Lipinski definition) is 2. The Labute approximate surface area is 96.4 Å². The lowest BCUT2D eigenvalue weighted by atomic mass is 9.95. The monoisotopic (exact) mass is 224 g/mol. The molecule has 90 valence electrons. The molecule has 0 aromatic carbocycles. The molecule has 0 amide bonds. The van der Waals surface area contributed by atoms with Gasteiger partial charge in [0.05, 0.1) is 13.2 Å². The summed E-state index contributed by atoms with van der Waals surface area (Å²) in [5.74, 6) is 6.51. The van der Waals surface area contributed by atoms with Crippen LogP contribution in [0.2, 0.25) is 0 Å². The van der Waals surface area contributed by atoms with E-state index in [1.165, 1.54) is 0 Å². The highest BCUT2D eigenvalue weighted by molar-refractivity contribution is 5.21. The fraction of sp³-hybridized carbons (Fsp3) is 0.636. The molecule has 0 aliphatic rings. The summed E-state index contributed by atoms with van der Waals surface area (Å²) in [4.78, 5) is 8.42. The van der Waals surface area contributed by atoms with Gasteiger partial charge in [0.25, 0.3) is 0 Å². The van der Waals surface area contributed by atoms with Crippen molar-refractivity contribution < 1.29 is 4.74 Å². The van der Waals surface area contributed by atoms with Crippen molar-refractivity contribution in [2.45, 2.75) is 32.7 Å². The molecule has 0 spiro atoms. The number of ether oxygens (including phenoxy) is 1. The predicted octanol–water partition coefficient (Wildman–Crippen LogP) is 1.43. The van der Waals surface area contributed by atoms with E-state index in [1.807, 2.05) is 0 Å². The largest absolute Gasteiger partial charge is 0.480 e. The standard InChI is InChI=1S/C11H20N4O/c1-4-5-8(2)9(15-12)10-11(16-3)14-7-6-13-10/h6-9,15H,4-5,12H2,1-3H3. The van der Waals surface area contributed by atoms with Crippen LogP contribution in [0, 0.1) is 5.92 Å². The minimum absolute atomic E-state index is 0.0244. The maximum absolute atomic E-state index is 5.59. The molecular formula is C11H20N4O. The van der Waals surface area contributed by atoms with Crippen molar-refractivity contribution in [2.75, 3.05) is 7.11 Å². The molecule has 1 aromatic rings. The number of nitrogens with two attached hydrogens (primary N) is 1. The van der Waals surface area contributed by atoms with Crippen LogP contribution in [-0.4, -0.2) is 17.1 Å². The molecule has 5 heteroatoms. The van der Waals surface area contributed by atoms with Gasteiger partial charge in [0, 0.05) is 12.4 Å². The normalized spacial score (nSPS) is 14.5. The molecular weight excluding hydrogens is 204 g/mol. The summed E-state index contributed by atoms with van der Waals surface area (Å²) in [7, 11) is 1.59. The highest BCUT2D eigenvalue weighted by Crippen LogP contribution is 2.28. The van der Waals surface area contributed by atoms with Crippen LogP contribution < -0.4 is 16.0 Å². The number of hydrazine groups is 1. The van der Waals surface area contributed by atoms with E-state index in [0.29, 0.717) is 11.8 Å². The zero-order valence-corrected chi connectivity index (χ0v) is 10.1. The number of rotatable bonds is 6. The smallest absolute Gasteiger partial charge is 0.237 e. The van der Waals surface area contributed by atoms with E-state index in [2.05, 4.69) is 29.2 Å². The van der Waals surface area contributed by atoms with Crippen molar-refractivity contribution in [2.24, 2.45) is 11.8 Å². The highest BCUT2D eigenvalue weighted by Gasteiger charge is 2.22. The van der Waals surface area contributed by atoms with Crippen LogP contribution in [0.1, 0.15) is 38.4 Å². The molecule has 3 N–H and O–H groups in total. The van der Waals surface area contributed by atoms with Gasteiger partial charge in [-0.1, -0.05) is 20.3 Å². The lowest BCUT2D eigenvalue weighted by molar-refractivity contribution is 0.330. The zero-order valence-electron chi connectivity index (χ0n) is 10.1. The summed E-state index contributed by atoms with van der Waals surface area (Å²) in [6.07, 6.45) is 5.46. The third kappa shape index (κ3) is 2.90. The lowest BCUT2D eigenvalue weighted by Crippen LogP contribution is -2.33. The molecule has 0 aliphatic carbocycles. The average molecular weight is 224 g/mol. The van der Waals surface area contributed by atoms with E-state index in [0.717, 1.165) is 18.5 Å². The molecule has 5 nitrogen and oxygen atoms in total. The molecule has 2 unspecified atom stereocenters. The van der Waals surface area contributed by atoms with Gasteiger partial charge in [-0.25, -0.2) is 4.98 Å². The van der Waals surface area contributed by atoms with Crippen LogP contribution in [0.25, 0.3) is 0 Å². The average Bonchev–Trinajstić information content (AvgIpc) is 2.31. The summed E-state index contributed by atoms with van der Waals surface area (Å²) in [6, 6.07) is -0.0244. The number of aromatic nitrogens is 2. The Morgan fingerprint density at radius 3 is 2.69 bits per heavy atom. The first-order valence-electron chi connectivity index (χ1n) is 5.55. The molecule has 1 aromatic heterocycles. The first-order valence-corrected chi connectivity index (χ1v) is 5.55. The maximum Gasteiger partial charge on any atom is 0.237 e. The van der Waals surface area contributed by atoms with Crippen molar-refractivity contribution in [3.05, 3.63) is 18.1 Å². The summed E-state index contributed by atoms with van der Waals surface area (Å²) in [5.41, 5.74) is 3.57. The second-order valence-electron chi connectivity index (χ2n) is 3.86. The number of nitrogens with zero attached hydrogens (tertiary/aromatic N) is 2. The van der Waals surface area contributed by atoms with Crippen LogP contribution >= 0.6 is 0 Å². The van der Waals surface area contributed by atoms with Crippen molar-refractivity contribution in [3.8, 4) is 5.88 Å². The minimum atomic E-state index is -0.0244. The van der Waals surface area contributed by atoms with Crippen LogP contribution in [0.15, 0.2) is 12.4 Å². The fourth-order valence-corrected chi connectivity index (χ4v) is 1.84. The van der Waals surface area contributed by atoms with Gasteiger partial charge in [-0.05, 0) is 12.3 Å². The first kappa shape index (κ1) is 12.9. The molecule has 1 rings (SSSR count). The molecule has 1 heterocycles. The Morgan fingerprint density at radius 2 is 2.12 bits per heavy atom. The molecule has 0 saturated carbocycles. The second-order valence-corrected chi connectivity index (χ2v) is 3.86. The van der Waals surface area contributed by atoms with Crippen molar-refractivity contribution in [1.29, 1.82) is 0 Å². The van der Waals surface area contributed by atoms with E-state index in [4.69, 9.17) is 10.6 Å². The van der Waals surface area contributed by atoms with Crippen LogP contribution in [0.4, 0.5) is 0 Å². The summed E-state index contributed by atoms with van der Waals surface area (Å²) >= 11 is 0. The Hall–Kier alpha value is -1.20. The van der Waals surface area contributed by atoms with Gasteiger partial charge in [-0.3, -0.25) is 16.3 Å². The topological polar surface area (TPSA) is 73.1 Å². The highest BCUT2D eigenvalue weighted by atomic mass is 16.5. The Morgan fingerprint density at radius 1 is 1.44 bits per heavy atom. The van der Waals surface area contributed by atoms with Gasteiger partial charge in [0.2, 0.25) is 5.88 Å². The maximum atomic E-state index is 5.59. The first-order chi connectivity index (χ1) is 7.74. The fourth-order valence-electron chi connectivity index (χ4n) is 1.84. The summed E-state index contributed by atoms with van der Waals surface area (Å²) in [6.45, 7) is 4.29. The van der Waals surface area contributed by atoms with Crippen LogP contribution in [0.3, 0.4) is 0 Å². The number of nitrogens with one attached hydrogen (secondary N) is 1. The zero-order chi connectivity index (χ0) is 12.0. The van der Waals surface area contributed by atoms with E-state index in [-0.39, 0.29) is 6.04 Å². The Bertz CT molecular complexity index is 319. The predicted molar refractivity (Wildman–Crippen MR) is 62.7 cm³/mol. The Balaban J connectivity index is 2.93. The molecule has 0 radical (unpaired) electrons. The summed E-state index contributed by atoms with van der Waals surface area (Å²) < 4.78 is 5.19. The van der Waals surface area contributed by atoms with Crippen molar-refractivity contribution in [1.82, 2.24) is 15.4 Å². The van der Waals surface area contributed by atoms with E-state index in [9.17, 15) is 0 Å². The van der Waals surface area contributed by atoms with Gasteiger partial charge in [0.1, 0.15) is 5.69 Å². The Kier molecular flexibility index (Phi) is 5.14. The third-order valence-electron chi connectivity index (χ3n) is 2.67. The van der Waals surface area contributed by atoms with Gasteiger partial charge >= 0.3 is 0 Å². The lowest BCUT2D eigenvalue weighted by Gasteiger charge is -2.23. The van der Waals surface area contributed by atoms with E-state index < -0.39 is 0 Å². The summed E-state index contributed by atoms with van der Waals surface area (Å²) in [5, 5.41) is 0. The number of hydrogen-bond acceptors (Lipinski definition) is 5. The second kappa shape index (κ2) is 6.40. The van der Waals surface area contributed by atoms with Crippen LogP contribution in [0.5, 0.6) is 5.88 Å². The molecule has 0 bridgehead atoms. The number of methoxy groups -OCH3 is 1. The van der Waals surface area contributed by atoms with E-state index in [1.54, 1.807) is 19.5 Å².